The van der Waals surface area contributed by atoms with E-state index in [2.05, 4.69) is 26.8 Å². The van der Waals surface area contributed by atoms with Crippen molar-refractivity contribution in [2.75, 3.05) is 19.8 Å². The monoisotopic (exact) mass is 310 g/mol. The smallest absolute Gasteiger partial charge is 0.168 e. The Balaban J connectivity index is 1.91. The number of rotatable bonds is 2. The molecule has 4 heteroatoms. The zero-order valence-corrected chi connectivity index (χ0v) is 14.1. The first-order valence-corrected chi connectivity index (χ1v) is 8.82. The summed E-state index contributed by atoms with van der Waals surface area (Å²) in [6, 6.07) is 0. The quantitative estimate of drug-likeness (QED) is 0.795. The minimum absolute atomic E-state index is 0.0829. The average molecular weight is 310 g/mol. The van der Waals surface area contributed by atoms with E-state index in [1.807, 2.05) is 0 Å². The van der Waals surface area contributed by atoms with E-state index >= 15 is 0 Å². The Morgan fingerprint density at radius 1 is 1.27 bits per heavy atom. The van der Waals surface area contributed by atoms with Crippen LogP contribution in [0.4, 0.5) is 0 Å². The van der Waals surface area contributed by atoms with Crippen molar-refractivity contribution in [2.24, 2.45) is 17.3 Å². The lowest BCUT2D eigenvalue weighted by Crippen LogP contribution is -2.48. The lowest BCUT2D eigenvalue weighted by Gasteiger charge is -2.48. The lowest BCUT2D eigenvalue weighted by atomic mass is 9.59. The molecule has 1 saturated carbocycles. The molecule has 3 fully saturated rings. The molecule has 0 aromatic rings. The first kappa shape index (κ1) is 16.4. The van der Waals surface area contributed by atoms with Crippen LogP contribution in [0.2, 0.25) is 0 Å². The molecular formula is C18H30O4. The van der Waals surface area contributed by atoms with Crippen molar-refractivity contribution >= 4 is 0 Å². The number of ether oxygens (including phenoxy) is 3. The second-order valence-electron chi connectivity index (χ2n) is 7.23. The number of allylic oxidation sites excluding steroid dienone is 1. The SMILES string of the molecule is CC/C=C1/COC(O)[C@H]2CC3(CCC2C1(C)CC)OCCO3. The van der Waals surface area contributed by atoms with Gasteiger partial charge in [0.2, 0.25) is 0 Å². The van der Waals surface area contributed by atoms with Gasteiger partial charge >= 0.3 is 0 Å². The van der Waals surface area contributed by atoms with E-state index in [1.165, 1.54) is 5.57 Å². The molecule has 0 amide bonds. The molecule has 3 rings (SSSR count). The lowest BCUT2D eigenvalue weighted by molar-refractivity contribution is -0.232. The largest absolute Gasteiger partial charge is 0.368 e. The van der Waals surface area contributed by atoms with Crippen LogP contribution in [-0.4, -0.2) is 37.0 Å². The van der Waals surface area contributed by atoms with Gasteiger partial charge in [-0.1, -0.05) is 26.8 Å². The normalized spacial score (nSPS) is 43.3. The zero-order chi connectivity index (χ0) is 15.8. The number of aliphatic hydroxyl groups excluding tert-OH is 1. The summed E-state index contributed by atoms with van der Waals surface area (Å²) in [5.41, 5.74) is 1.45. The number of hydrogen-bond acceptors (Lipinski definition) is 4. The van der Waals surface area contributed by atoms with E-state index in [9.17, 15) is 5.11 Å². The van der Waals surface area contributed by atoms with Crippen molar-refractivity contribution < 1.29 is 19.3 Å². The van der Waals surface area contributed by atoms with E-state index in [1.54, 1.807) is 0 Å². The van der Waals surface area contributed by atoms with Gasteiger partial charge in [0, 0.05) is 18.8 Å². The van der Waals surface area contributed by atoms with Crippen LogP contribution in [-0.2, 0) is 14.2 Å². The summed E-state index contributed by atoms with van der Waals surface area (Å²) in [4.78, 5) is 0. The maximum absolute atomic E-state index is 10.6. The fourth-order valence-electron chi connectivity index (χ4n) is 4.77. The molecule has 126 valence electrons. The van der Waals surface area contributed by atoms with Gasteiger partial charge in [0.15, 0.2) is 12.1 Å². The third kappa shape index (κ3) is 2.64. The molecule has 2 aliphatic heterocycles. The van der Waals surface area contributed by atoms with Gasteiger partial charge in [0.1, 0.15) is 0 Å². The van der Waals surface area contributed by atoms with Gasteiger partial charge in [0.05, 0.1) is 19.8 Å². The van der Waals surface area contributed by atoms with Gasteiger partial charge < -0.3 is 19.3 Å². The minimum atomic E-state index is -0.719. The molecule has 2 saturated heterocycles. The highest BCUT2D eigenvalue weighted by Crippen LogP contribution is 2.54. The first-order valence-electron chi connectivity index (χ1n) is 8.82. The molecule has 1 N–H and O–H groups in total. The Hall–Kier alpha value is -0.420. The molecule has 1 aliphatic carbocycles. The average Bonchev–Trinajstić information content (AvgIpc) is 2.94. The van der Waals surface area contributed by atoms with Crippen molar-refractivity contribution in [3.05, 3.63) is 11.6 Å². The summed E-state index contributed by atoms with van der Waals surface area (Å²) >= 11 is 0. The summed E-state index contributed by atoms with van der Waals surface area (Å²) in [7, 11) is 0. The Morgan fingerprint density at radius 2 is 2.00 bits per heavy atom. The van der Waals surface area contributed by atoms with Crippen LogP contribution in [0.5, 0.6) is 0 Å². The van der Waals surface area contributed by atoms with Crippen LogP contribution >= 0.6 is 0 Å². The van der Waals surface area contributed by atoms with E-state index in [0.717, 1.165) is 32.1 Å². The van der Waals surface area contributed by atoms with E-state index in [4.69, 9.17) is 14.2 Å². The molecule has 0 aromatic heterocycles. The van der Waals surface area contributed by atoms with Gasteiger partial charge in [-0.3, -0.25) is 0 Å². The van der Waals surface area contributed by atoms with E-state index in [-0.39, 0.29) is 11.3 Å². The predicted octanol–water partition coefficient (Wildman–Crippen LogP) is 3.25. The van der Waals surface area contributed by atoms with E-state index in [0.29, 0.717) is 25.7 Å². The third-order valence-electron chi connectivity index (χ3n) is 6.23. The molecule has 22 heavy (non-hydrogen) atoms. The Morgan fingerprint density at radius 3 is 2.64 bits per heavy atom. The molecule has 0 aromatic carbocycles. The van der Waals surface area contributed by atoms with Crippen LogP contribution in [0.25, 0.3) is 0 Å². The maximum Gasteiger partial charge on any atom is 0.168 e. The number of hydrogen-bond donors (Lipinski definition) is 1. The van der Waals surface area contributed by atoms with Crippen LogP contribution in [0.1, 0.15) is 52.9 Å². The highest BCUT2D eigenvalue weighted by molar-refractivity contribution is 5.19. The molecule has 0 radical (unpaired) electrons. The highest BCUT2D eigenvalue weighted by atomic mass is 16.7. The van der Waals surface area contributed by atoms with Crippen molar-refractivity contribution in [3.8, 4) is 0 Å². The summed E-state index contributed by atoms with van der Waals surface area (Å²) in [5.74, 6) is 0.0323. The molecule has 4 nitrogen and oxygen atoms in total. The predicted molar refractivity (Wildman–Crippen MR) is 84.2 cm³/mol. The summed E-state index contributed by atoms with van der Waals surface area (Å²) < 4.78 is 17.6. The third-order valence-corrected chi connectivity index (χ3v) is 6.23. The van der Waals surface area contributed by atoms with Gasteiger partial charge in [-0.15, -0.1) is 0 Å². The number of aliphatic hydroxyl groups is 1. The first-order chi connectivity index (χ1) is 10.5. The van der Waals surface area contributed by atoms with E-state index < -0.39 is 12.1 Å². The van der Waals surface area contributed by atoms with Crippen LogP contribution < -0.4 is 0 Å². The second kappa shape index (κ2) is 6.23. The van der Waals surface area contributed by atoms with Crippen LogP contribution in [0.15, 0.2) is 11.6 Å². The number of fused-ring (bicyclic) bond motifs is 1. The molecule has 4 atom stereocenters. The summed E-state index contributed by atoms with van der Waals surface area (Å²) in [6.07, 6.45) is 6.36. The van der Waals surface area contributed by atoms with Crippen molar-refractivity contribution in [1.29, 1.82) is 0 Å². The minimum Gasteiger partial charge on any atom is -0.368 e. The van der Waals surface area contributed by atoms with Gasteiger partial charge in [-0.25, -0.2) is 0 Å². The molecule has 3 aliphatic rings. The molecule has 1 spiro atoms. The topological polar surface area (TPSA) is 47.9 Å². The van der Waals surface area contributed by atoms with Crippen molar-refractivity contribution in [3.63, 3.8) is 0 Å². The molecule has 0 bridgehead atoms. The zero-order valence-electron chi connectivity index (χ0n) is 14.1. The Bertz CT molecular complexity index is 427. The Kier molecular flexibility index (Phi) is 4.66. The fourth-order valence-corrected chi connectivity index (χ4v) is 4.77. The summed E-state index contributed by atoms with van der Waals surface area (Å²) in [6.45, 7) is 8.65. The second-order valence-corrected chi connectivity index (χ2v) is 7.23. The van der Waals surface area contributed by atoms with Crippen LogP contribution in [0.3, 0.4) is 0 Å². The highest BCUT2D eigenvalue weighted by Gasteiger charge is 2.54. The van der Waals surface area contributed by atoms with Gasteiger partial charge in [-0.05, 0) is 36.2 Å². The van der Waals surface area contributed by atoms with Crippen LogP contribution in [0, 0.1) is 17.3 Å². The van der Waals surface area contributed by atoms with Gasteiger partial charge in [0.25, 0.3) is 0 Å². The Labute approximate surface area is 133 Å². The van der Waals surface area contributed by atoms with Crippen molar-refractivity contribution in [1.82, 2.24) is 0 Å². The standard InChI is InChI=1S/C18H30O4/c1-4-6-13-12-20-16(19)14-11-18(21-9-10-22-18)8-7-15(14)17(13,3)5-2/h6,14-16,19H,4-5,7-12H2,1-3H3/b13-6-/t14-,15?,16?,17?/m0/s1. The van der Waals surface area contributed by atoms with Gasteiger partial charge in [-0.2, -0.15) is 0 Å². The molecule has 3 unspecified atom stereocenters. The fraction of sp³-hybridized carbons (Fsp3) is 0.889. The summed E-state index contributed by atoms with van der Waals surface area (Å²) in [5, 5.41) is 10.6. The van der Waals surface area contributed by atoms with Crippen molar-refractivity contribution in [2.45, 2.75) is 65.0 Å². The maximum atomic E-state index is 10.6. The molecular weight excluding hydrogens is 280 g/mol. The molecule has 2 heterocycles.